The van der Waals surface area contributed by atoms with Crippen LogP contribution in [0.1, 0.15) is 21.5 Å². The average Bonchev–Trinajstić information content (AvgIpc) is 2.34. The average molecular weight is 305 g/mol. The van der Waals surface area contributed by atoms with E-state index in [1.807, 2.05) is 50.2 Å². The molecule has 18 heavy (non-hydrogen) atoms. The van der Waals surface area contributed by atoms with Crippen molar-refractivity contribution in [3.05, 3.63) is 63.6 Å². The van der Waals surface area contributed by atoms with Crippen molar-refractivity contribution in [1.82, 2.24) is 0 Å². The highest BCUT2D eigenvalue weighted by Crippen LogP contribution is 2.25. The minimum atomic E-state index is -0.347. The number of benzene rings is 2. The highest BCUT2D eigenvalue weighted by Gasteiger charge is 2.14. The fourth-order valence-electron chi connectivity index (χ4n) is 1.73. The van der Waals surface area contributed by atoms with Gasteiger partial charge < -0.3 is 4.74 Å². The van der Waals surface area contributed by atoms with E-state index in [1.165, 1.54) is 0 Å². The summed E-state index contributed by atoms with van der Waals surface area (Å²) in [6.45, 7) is 3.85. The fraction of sp³-hybridized carbons (Fsp3) is 0.133. The molecule has 0 aliphatic heterocycles. The van der Waals surface area contributed by atoms with Gasteiger partial charge in [-0.2, -0.15) is 0 Å². The van der Waals surface area contributed by atoms with Crippen molar-refractivity contribution in [2.24, 2.45) is 0 Å². The van der Waals surface area contributed by atoms with Crippen molar-refractivity contribution in [2.45, 2.75) is 13.8 Å². The Morgan fingerprint density at radius 3 is 2.22 bits per heavy atom. The summed E-state index contributed by atoms with van der Waals surface area (Å²) in [5, 5.41) is 0. The Morgan fingerprint density at radius 2 is 1.61 bits per heavy atom. The van der Waals surface area contributed by atoms with Crippen LogP contribution >= 0.6 is 15.9 Å². The van der Waals surface area contributed by atoms with Gasteiger partial charge in [0.1, 0.15) is 5.75 Å². The van der Waals surface area contributed by atoms with Gasteiger partial charge in [0.25, 0.3) is 0 Å². The number of para-hydroxylation sites is 1. The molecule has 0 aliphatic carbocycles. The number of carbonyl (C=O) groups is 1. The lowest BCUT2D eigenvalue weighted by Gasteiger charge is -2.10. The Hall–Kier alpha value is -1.61. The molecule has 0 spiro atoms. The zero-order chi connectivity index (χ0) is 13.1. The summed E-state index contributed by atoms with van der Waals surface area (Å²) < 4.78 is 6.21. The zero-order valence-electron chi connectivity index (χ0n) is 10.2. The molecule has 0 saturated heterocycles. The third kappa shape index (κ3) is 2.62. The van der Waals surface area contributed by atoms with Gasteiger partial charge in [0.2, 0.25) is 0 Å². The maximum absolute atomic E-state index is 12.1. The van der Waals surface area contributed by atoms with Gasteiger partial charge >= 0.3 is 5.97 Å². The minimum Gasteiger partial charge on any atom is -0.422 e. The Bertz CT molecular complexity index is 571. The van der Waals surface area contributed by atoms with E-state index < -0.39 is 0 Å². The van der Waals surface area contributed by atoms with Gasteiger partial charge in [-0.15, -0.1) is 0 Å². The number of aryl methyl sites for hydroxylation is 2. The Morgan fingerprint density at radius 1 is 1.00 bits per heavy atom. The van der Waals surface area contributed by atoms with E-state index >= 15 is 0 Å². The minimum absolute atomic E-state index is 0.347. The van der Waals surface area contributed by atoms with Crippen LogP contribution in [0.2, 0.25) is 0 Å². The van der Waals surface area contributed by atoms with Crippen molar-refractivity contribution in [2.75, 3.05) is 0 Å². The highest BCUT2D eigenvalue weighted by molar-refractivity contribution is 9.10. The number of hydrogen-bond donors (Lipinski definition) is 0. The molecule has 0 heterocycles. The maximum Gasteiger partial charge on any atom is 0.344 e. The van der Waals surface area contributed by atoms with Crippen LogP contribution in [0.3, 0.4) is 0 Å². The van der Waals surface area contributed by atoms with Gasteiger partial charge in [0.05, 0.1) is 5.56 Å². The van der Waals surface area contributed by atoms with Crippen molar-refractivity contribution in [3.8, 4) is 5.75 Å². The lowest BCUT2D eigenvalue weighted by molar-refractivity contribution is 0.0731. The quantitative estimate of drug-likeness (QED) is 0.611. The summed E-state index contributed by atoms with van der Waals surface area (Å²) in [7, 11) is 0. The SMILES string of the molecule is Cc1cccc(C)c1OC(=O)c1ccccc1Br. The summed E-state index contributed by atoms with van der Waals surface area (Å²) in [5.41, 5.74) is 2.44. The Balaban J connectivity index is 2.30. The van der Waals surface area contributed by atoms with Gasteiger partial charge in [0, 0.05) is 4.47 Å². The smallest absolute Gasteiger partial charge is 0.344 e. The number of hydrogen-bond acceptors (Lipinski definition) is 2. The normalized spacial score (nSPS) is 10.2. The molecule has 0 unspecified atom stereocenters. The van der Waals surface area contributed by atoms with Crippen molar-refractivity contribution >= 4 is 21.9 Å². The fourth-order valence-corrected chi connectivity index (χ4v) is 2.18. The Labute approximate surface area is 115 Å². The molecule has 0 N–H and O–H groups in total. The topological polar surface area (TPSA) is 26.3 Å². The van der Waals surface area contributed by atoms with E-state index in [2.05, 4.69) is 15.9 Å². The second-order valence-corrected chi connectivity index (χ2v) is 4.94. The van der Waals surface area contributed by atoms with Gasteiger partial charge in [-0.3, -0.25) is 0 Å². The third-order valence-corrected chi connectivity index (χ3v) is 3.39. The van der Waals surface area contributed by atoms with Crippen molar-refractivity contribution in [1.29, 1.82) is 0 Å². The van der Waals surface area contributed by atoms with E-state index in [0.717, 1.165) is 15.6 Å². The number of carbonyl (C=O) groups excluding carboxylic acids is 1. The van der Waals surface area contributed by atoms with Crippen LogP contribution in [-0.2, 0) is 0 Å². The van der Waals surface area contributed by atoms with Crippen LogP contribution in [-0.4, -0.2) is 5.97 Å². The first kappa shape index (κ1) is 12.8. The second kappa shape index (κ2) is 5.36. The molecular formula is C15H13BrO2. The molecule has 0 amide bonds. The summed E-state index contributed by atoms with van der Waals surface area (Å²) in [5.74, 6) is 0.290. The molecule has 2 aromatic carbocycles. The van der Waals surface area contributed by atoms with Crippen LogP contribution in [0.4, 0.5) is 0 Å². The zero-order valence-corrected chi connectivity index (χ0v) is 11.8. The summed E-state index contributed by atoms with van der Waals surface area (Å²) in [6, 6.07) is 13.0. The van der Waals surface area contributed by atoms with E-state index in [0.29, 0.717) is 11.3 Å². The van der Waals surface area contributed by atoms with E-state index in [4.69, 9.17) is 4.74 Å². The number of ether oxygens (including phenoxy) is 1. The van der Waals surface area contributed by atoms with Crippen LogP contribution in [0.15, 0.2) is 46.9 Å². The van der Waals surface area contributed by atoms with Gasteiger partial charge in [-0.1, -0.05) is 30.3 Å². The molecule has 0 atom stereocenters. The molecule has 0 bridgehead atoms. The number of esters is 1. The first-order chi connectivity index (χ1) is 8.59. The van der Waals surface area contributed by atoms with Gasteiger partial charge in [-0.05, 0) is 53.0 Å². The lowest BCUT2D eigenvalue weighted by Crippen LogP contribution is -2.10. The summed E-state index contributed by atoms with van der Waals surface area (Å²) in [6.07, 6.45) is 0. The molecule has 0 radical (unpaired) electrons. The van der Waals surface area contributed by atoms with Crippen molar-refractivity contribution in [3.63, 3.8) is 0 Å². The number of rotatable bonds is 2. The van der Waals surface area contributed by atoms with Crippen LogP contribution in [0, 0.1) is 13.8 Å². The standard InChI is InChI=1S/C15H13BrO2/c1-10-6-5-7-11(2)14(10)18-15(17)12-8-3-4-9-13(12)16/h3-9H,1-2H3. The number of halogens is 1. The summed E-state index contributed by atoms with van der Waals surface area (Å²) in [4.78, 5) is 12.1. The predicted molar refractivity (Wildman–Crippen MR) is 75.0 cm³/mol. The van der Waals surface area contributed by atoms with Crippen LogP contribution < -0.4 is 4.74 Å². The Kier molecular flexibility index (Phi) is 3.82. The van der Waals surface area contributed by atoms with Gasteiger partial charge in [-0.25, -0.2) is 4.79 Å². The lowest BCUT2D eigenvalue weighted by atomic mass is 10.1. The highest BCUT2D eigenvalue weighted by atomic mass is 79.9. The first-order valence-corrected chi connectivity index (χ1v) is 6.42. The largest absolute Gasteiger partial charge is 0.422 e. The second-order valence-electron chi connectivity index (χ2n) is 4.09. The van der Waals surface area contributed by atoms with E-state index in [1.54, 1.807) is 6.07 Å². The van der Waals surface area contributed by atoms with Gasteiger partial charge in [0.15, 0.2) is 0 Å². The molecule has 92 valence electrons. The molecule has 0 aromatic heterocycles. The van der Waals surface area contributed by atoms with Crippen molar-refractivity contribution < 1.29 is 9.53 Å². The first-order valence-electron chi connectivity index (χ1n) is 5.62. The molecule has 0 aliphatic rings. The van der Waals surface area contributed by atoms with E-state index in [9.17, 15) is 4.79 Å². The molecule has 2 nitrogen and oxygen atoms in total. The monoisotopic (exact) mass is 304 g/mol. The van der Waals surface area contributed by atoms with Crippen LogP contribution in [0.25, 0.3) is 0 Å². The molecule has 2 aromatic rings. The summed E-state index contributed by atoms with van der Waals surface area (Å²) >= 11 is 3.35. The molecule has 0 fully saturated rings. The molecule has 0 saturated carbocycles. The predicted octanol–water partition coefficient (Wildman–Crippen LogP) is 4.29. The van der Waals surface area contributed by atoms with Crippen LogP contribution in [0.5, 0.6) is 5.75 Å². The maximum atomic E-state index is 12.1. The van der Waals surface area contributed by atoms with E-state index in [-0.39, 0.29) is 5.97 Å². The molecular weight excluding hydrogens is 292 g/mol. The molecule has 2 rings (SSSR count). The third-order valence-electron chi connectivity index (χ3n) is 2.70. The molecule has 3 heteroatoms.